The normalized spacial score (nSPS) is 17.0. The van der Waals surface area contributed by atoms with Crippen LogP contribution >= 0.6 is 11.3 Å². The number of hydrogen-bond donors (Lipinski definition) is 2. The number of nitrogen functional groups attached to an aromatic ring is 1. The first-order chi connectivity index (χ1) is 13.8. The summed E-state index contributed by atoms with van der Waals surface area (Å²) in [5.41, 5.74) is 8.70. The lowest BCUT2D eigenvalue weighted by atomic mass is 10.1. The number of benzene rings is 1. The molecule has 1 aliphatic heterocycles. The summed E-state index contributed by atoms with van der Waals surface area (Å²) in [6, 6.07) is 4.77. The number of nitrogens with zero attached hydrogens (tertiary/aromatic N) is 3. The van der Waals surface area contributed by atoms with Crippen molar-refractivity contribution in [2.24, 2.45) is 0 Å². The van der Waals surface area contributed by atoms with E-state index in [2.05, 4.69) is 19.7 Å². The van der Waals surface area contributed by atoms with E-state index in [1.807, 2.05) is 13.8 Å². The summed E-state index contributed by atoms with van der Waals surface area (Å²) in [5, 5.41) is 0.901. The summed E-state index contributed by atoms with van der Waals surface area (Å²) in [5.74, 6) is 0.307. The van der Waals surface area contributed by atoms with Gasteiger partial charge < -0.3 is 10.5 Å². The number of hydrogen-bond acceptors (Lipinski definition) is 8. The van der Waals surface area contributed by atoms with E-state index >= 15 is 0 Å². The summed E-state index contributed by atoms with van der Waals surface area (Å²) in [4.78, 5) is 14.2. The van der Waals surface area contributed by atoms with Crippen molar-refractivity contribution < 1.29 is 13.2 Å². The van der Waals surface area contributed by atoms with Gasteiger partial charge in [0.2, 0.25) is 10.0 Å². The molecule has 1 fully saturated rings. The fraction of sp³-hybridized carbons (Fsp3) is 0.316. The maximum atomic E-state index is 12.8. The highest BCUT2D eigenvalue weighted by atomic mass is 32.2. The Kier molecular flexibility index (Phi) is 5.34. The molecule has 0 radical (unpaired) electrons. The summed E-state index contributed by atoms with van der Waals surface area (Å²) in [7, 11) is -3.67. The Morgan fingerprint density at radius 1 is 1.24 bits per heavy atom. The topological polar surface area (TPSA) is 120 Å². The minimum Gasteiger partial charge on any atom is -0.382 e. The minimum atomic E-state index is -3.67. The molecular formula is C19H21N5O3S2. The second kappa shape index (κ2) is 7.79. The van der Waals surface area contributed by atoms with Crippen molar-refractivity contribution in [3.8, 4) is 21.8 Å². The Morgan fingerprint density at radius 2 is 2.07 bits per heavy atom. The first-order valence-electron chi connectivity index (χ1n) is 9.10. The largest absolute Gasteiger partial charge is 0.382 e. The van der Waals surface area contributed by atoms with Gasteiger partial charge in [-0.3, -0.25) is 0 Å². The van der Waals surface area contributed by atoms with Gasteiger partial charge in [0.1, 0.15) is 5.69 Å². The molecule has 3 aromatic rings. The first kappa shape index (κ1) is 19.9. The predicted octanol–water partition coefficient (Wildman–Crippen LogP) is 2.53. The third-order valence-electron chi connectivity index (χ3n) is 4.70. The third kappa shape index (κ3) is 4.15. The monoisotopic (exact) mass is 431 g/mol. The van der Waals surface area contributed by atoms with Crippen LogP contribution in [0.5, 0.6) is 0 Å². The Morgan fingerprint density at radius 3 is 2.76 bits per heavy atom. The molecule has 2 aromatic heterocycles. The summed E-state index contributed by atoms with van der Waals surface area (Å²) < 4.78 is 33.6. The van der Waals surface area contributed by atoms with Gasteiger partial charge in [-0.1, -0.05) is 6.07 Å². The highest BCUT2D eigenvalue weighted by Crippen LogP contribution is 2.31. The Hall–Kier alpha value is -2.40. The van der Waals surface area contributed by atoms with Gasteiger partial charge in [0.25, 0.3) is 0 Å². The molecule has 29 heavy (non-hydrogen) atoms. The highest BCUT2D eigenvalue weighted by molar-refractivity contribution is 7.89. The van der Waals surface area contributed by atoms with Crippen LogP contribution in [-0.4, -0.2) is 42.6 Å². The molecule has 3 N–H and O–H groups in total. The van der Waals surface area contributed by atoms with Gasteiger partial charge in [0, 0.05) is 24.4 Å². The van der Waals surface area contributed by atoms with E-state index in [0.29, 0.717) is 42.4 Å². The SMILES string of the molecule is Cc1ncc(-c2nc(-c3cc(S(=O)(=O)NC4CCOC4)ccc3C)cnc2N)s1. The molecule has 8 nitrogen and oxygen atoms in total. The molecule has 0 amide bonds. The van der Waals surface area contributed by atoms with Crippen LogP contribution < -0.4 is 10.5 Å². The predicted molar refractivity (Wildman–Crippen MR) is 112 cm³/mol. The lowest BCUT2D eigenvalue weighted by Crippen LogP contribution is -2.35. The molecule has 10 heteroatoms. The number of anilines is 1. The molecule has 1 aliphatic rings. The van der Waals surface area contributed by atoms with Crippen LogP contribution in [0.25, 0.3) is 21.8 Å². The number of nitrogens with two attached hydrogens (primary N) is 1. The first-order valence-corrected chi connectivity index (χ1v) is 11.4. The second-order valence-corrected chi connectivity index (χ2v) is 9.84. The van der Waals surface area contributed by atoms with E-state index < -0.39 is 10.0 Å². The van der Waals surface area contributed by atoms with Gasteiger partial charge in [0.15, 0.2) is 5.82 Å². The molecule has 0 spiro atoms. The summed E-state index contributed by atoms with van der Waals surface area (Å²) in [6.45, 7) is 4.76. The van der Waals surface area contributed by atoms with Crippen molar-refractivity contribution in [1.82, 2.24) is 19.7 Å². The fourth-order valence-corrected chi connectivity index (χ4v) is 5.20. The number of rotatable bonds is 5. The lowest BCUT2D eigenvalue weighted by molar-refractivity contribution is 0.192. The number of ether oxygens (including phenoxy) is 1. The van der Waals surface area contributed by atoms with Crippen LogP contribution in [0.3, 0.4) is 0 Å². The number of aromatic nitrogens is 3. The standard InChI is InChI=1S/C19H21N5O3S2/c1-11-3-4-14(29(25,26)24-13-5-6-27-10-13)7-15(11)16-8-22-19(20)18(23-16)17-9-21-12(2)28-17/h3-4,7-9,13,24H,5-6,10H2,1-2H3,(H2,20,22). The summed E-state index contributed by atoms with van der Waals surface area (Å²) in [6.07, 6.45) is 3.94. The maximum absolute atomic E-state index is 12.8. The molecule has 3 heterocycles. The Bertz CT molecular complexity index is 1150. The number of nitrogens with one attached hydrogen (secondary N) is 1. The smallest absolute Gasteiger partial charge is 0.240 e. The fourth-order valence-electron chi connectivity index (χ4n) is 3.14. The molecule has 4 rings (SSSR count). The molecule has 0 aliphatic carbocycles. The van der Waals surface area contributed by atoms with E-state index in [0.717, 1.165) is 15.4 Å². The molecule has 0 bridgehead atoms. The zero-order valence-corrected chi connectivity index (χ0v) is 17.7. The van der Waals surface area contributed by atoms with Gasteiger partial charge in [0.05, 0.1) is 33.3 Å². The van der Waals surface area contributed by atoms with E-state index in [-0.39, 0.29) is 10.9 Å². The average Bonchev–Trinajstić information content (AvgIpc) is 3.34. The Balaban J connectivity index is 1.73. The van der Waals surface area contributed by atoms with Gasteiger partial charge >= 0.3 is 0 Å². The number of aryl methyl sites for hydroxylation is 2. The van der Waals surface area contributed by atoms with E-state index in [1.54, 1.807) is 30.6 Å². The molecule has 0 saturated carbocycles. The molecular weight excluding hydrogens is 410 g/mol. The van der Waals surface area contributed by atoms with Gasteiger partial charge in [-0.05, 0) is 38.0 Å². The van der Waals surface area contributed by atoms with E-state index in [1.165, 1.54) is 11.3 Å². The molecule has 1 atom stereocenters. The van der Waals surface area contributed by atoms with Crippen molar-refractivity contribution >= 4 is 27.2 Å². The van der Waals surface area contributed by atoms with Crippen LogP contribution in [0.4, 0.5) is 5.82 Å². The molecule has 1 saturated heterocycles. The van der Waals surface area contributed by atoms with Crippen LogP contribution in [0.2, 0.25) is 0 Å². The molecule has 152 valence electrons. The van der Waals surface area contributed by atoms with Crippen LogP contribution in [-0.2, 0) is 14.8 Å². The van der Waals surface area contributed by atoms with Crippen molar-refractivity contribution in [1.29, 1.82) is 0 Å². The highest BCUT2D eigenvalue weighted by Gasteiger charge is 2.24. The summed E-state index contributed by atoms with van der Waals surface area (Å²) >= 11 is 1.48. The van der Waals surface area contributed by atoms with Crippen LogP contribution in [0.15, 0.2) is 35.5 Å². The van der Waals surface area contributed by atoms with Crippen molar-refractivity contribution in [3.63, 3.8) is 0 Å². The second-order valence-electron chi connectivity index (χ2n) is 6.89. The molecule has 1 unspecified atom stereocenters. The van der Waals surface area contributed by atoms with E-state index in [9.17, 15) is 8.42 Å². The average molecular weight is 432 g/mol. The third-order valence-corrected chi connectivity index (χ3v) is 7.14. The molecule has 1 aromatic carbocycles. The number of sulfonamides is 1. The zero-order valence-electron chi connectivity index (χ0n) is 16.0. The lowest BCUT2D eigenvalue weighted by Gasteiger charge is -2.14. The zero-order chi connectivity index (χ0) is 20.6. The van der Waals surface area contributed by atoms with Gasteiger partial charge in [-0.15, -0.1) is 11.3 Å². The van der Waals surface area contributed by atoms with E-state index in [4.69, 9.17) is 10.5 Å². The maximum Gasteiger partial charge on any atom is 0.240 e. The van der Waals surface area contributed by atoms with Crippen molar-refractivity contribution in [2.75, 3.05) is 18.9 Å². The van der Waals surface area contributed by atoms with Gasteiger partial charge in [-0.25, -0.2) is 28.1 Å². The van der Waals surface area contributed by atoms with Crippen LogP contribution in [0.1, 0.15) is 17.0 Å². The Labute approximate surface area is 173 Å². The quantitative estimate of drug-likeness (QED) is 0.637. The van der Waals surface area contributed by atoms with Crippen molar-refractivity contribution in [2.45, 2.75) is 31.2 Å². The number of thiazole rings is 1. The minimum absolute atomic E-state index is 0.179. The van der Waals surface area contributed by atoms with Gasteiger partial charge in [-0.2, -0.15) is 0 Å². The van der Waals surface area contributed by atoms with Crippen LogP contribution in [0, 0.1) is 13.8 Å². The van der Waals surface area contributed by atoms with Crippen molar-refractivity contribution in [3.05, 3.63) is 41.2 Å².